The minimum absolute atomic E-state index is 0.0869. The Labute approximate surface area is 76.1 Å². The van der Waals surface area contributed by atoms with Crippen LogP contribution in [0.5, 0.6) is 0 Å². The standard InChI is InChI=1S/C5H10O5.C2H6O/c6-1-3(8)5(10)4(9)2-7;1-2-3/h1,3-5,7-10H,2H2;3H,2H2,1H3/t3-,4-,5+;/m0./s1. The zero-order valence-corrected chi connectivity index (χ0v) is 7.37. The number of carbonyl (C=O) groups excluding carboxylic acids is 1. The van der Waals surface area contributed by atoms with Crippen molar-refractivity contribution in [2.45, 2.75) is 25.2 Å². The molecule has 0 bridgehead atoms. The Morgan fingerprint density at radius 2 is 1.62 bits per heavy atom. The molecule has 0 aliphatic carbocycles. The maximum Gasteiger partial charge on any atom is 0.151 e. The van der Waals surface area contributed by atoms with E-state index in [1.165, 1.54) is 0 Å². The highest BCUT2D eigenvalue weighted by Gasteiger charge is 2.22. The van der Waals surface area contributed by atoms with E-state index in [1.54, 1.807) is 6.92 Å². The van der Waals surface area contributed by atoms with E-state index in [0.29, 0.717) is 0 Å². The van der Waals surface area contributed by atoms with Gasteiger partial charge in [0.1, 0.15) is 18.3 Å². The normalized spacial score (nSPS) is 16.5. The van der Waals surface area contributed by atoms with E-state index in [0.717, 1.165) is 0 Å². The van der Waals surface area contributed by atoms with E-state index in [4.69, 9.17) is 25.5 Å². The van der Waals surface area contributed by atoms with Crippen molar-refractivity contribution in [3.8, 4) is 0 Å². The summed E-state index contributed by atoms with van der Waals surface area (Å²) in [7, 11) is 0. The number of hydrogen-bond acceptors (Lipinski definition) is 6. The van der Waals surface area contributed by atoms with Gasteiger partial charge in [0.05, 0.1) is 6.61 Å². The van der Waals surface area contributed by atoms with E-state index in [9.17, 15) is 4.79 Å². The first-order valence-corrected chi connectivity index (χ1v) is 3.76. The van der Waals surface area contributed by atoms with Crippen molar-refractivity contribution in [1.82, 2.24) is 0 Å². The quantitative estimate of drug-likeness (QED) is 0.311. The van der Waals surface area contributed by atoms with Crippen molar-refractivity contribution in [1.29, 1.82) is 0 Å². The highest BCUT2D eigenvalue weighted by atomic mass is 16.4. The van der Waals surface area contributed by atoms with Crippen LogP contribution in [0.4, 0.5) is 0 Å². The molecule has 5 N–H and O–H groups in total. The van der Waals surface area contributed by atoms with Gasteiger partial charge in [-0.15, -0.1) is 0 Å². The Kier molecular flexibility index (Phi) is 11.0. The van der Waals surface area contributed by atoms with Crippen molar-refractivity contribution in [2.75, 3.05) is 13.2 Å². The smallest absolute Gasteiger partial charge is 0.151 e. The van der Waals surface area contributed by atoms with Crippen molar-refractivity contribution in [3.63, 3.8) is 0 Å². The molecule has 80 valence electrons. The van der Waals surface area contributed by atoms with Crippen LogP contribution >= 0.6 is 0 Å². The Morgan fingerprint density at radius 1 is 1.23 bits per heavy atom. The van der Waals surface area contributed by atoms with Crippen LogP contribution in [0.3, 0.4) is 0 Å². The summed E-state index contributed by atoms with van der Waals surface area (Å²) in [6, 6.07) is 0. The molecule has 0 amide bonds. The minimum Gasteiger partial charge on any atom is -0.397 e. The van der Waals surface area contributed by atoms with Gasteiger partial charge >= 0.3 is 0 Å². The predicted octanol–water partition coefficient (Wildman–Crippen LogP) is -2.74. The third kappa shape index (κ3) is 7.82. The fourth-order valence-electron chi connectivity index (χ4n) is 0.416. The van der Waals surface area contributed by atoms with Crippen molar-refractivity contribution >= 4 is 6.29 Å². The van der Waals surface area contributed by atoms with E-state index in [-0.39, 0.29) is 12.9 Å². The van der Waals surface area contributed by atoms with Gasteiger partial charge in [0.25, 0.3) is 0 Å². The zero-order valence-electron chi connectivity index (χ0n) is 7.37. The van der Waals surface area contributed by atoms with Gasteiger partial charge < -0.3 is 30.3 Å². The monoisotopic (exact) mass is 196 g/mol. The SMILES string of the molecule is CCO.O=C[C@H](O)[C@@H](O)[C@@H](O)CO. The molecule has 0 aromatic rings. The Morgan fingerprint density at radius 3 is 1.85 bits per heavy atom. The minimum atomic E-state index is -1.64. The average molecular weight is 196 g/mol. The van der Waals surface area contributed by atoms with Gasteiger partial charge in [-0.25, -0.2) is 0 Å². The molecular formula is C7H16O6. The molecule has 13 heavy (non-hydrogen) atoms. The highest BCUT2D eigenvalue weighted by molar-refractivity contribution is 5.56. The van der Waals surface area contributed by atoms with Gasteiger partial charge in [0.15, 0.2) is 6.29 Å². The van der Waals surface area contributed by atoms with Gasteiger partial charge in [-0.05, 0) is 6.92 Å². The first-order valence-electron chi connectivity index (χ1n) is 3.76. The lowest BCUT2D eigenvalue weighted by Crippen LogP contribution is -2.40. The van der Waals surface area contributed by atoms with Crippen LogP contribution in [0.15, 0.2) is 0 Å². The van der Waals surface area contributed by atoms with E-state index in [1.807, 2.05) is 0 Å². The van der Waals surface area contributed by atoms with Gasteiger partial charge in [-0.2, -0.15) is 0 Å². The summed E-state index contributed by atoms with van der Waals surface area (Å²) in [6.07, 6.45) is -4.63. The first kappa shape index (κ1) is 15.0. The summed E-state index contributed by atoms with van der Waals surface area (Å²) < 4.78 is 0. The van der Waals surface area contributed by atoms with E-state index < -0.39 is 24.9 Å². The number of aliphatic hydroxyl groups excluding tert-OH is 5. The molecule has 0 aliphatic rings. The lowest BCUT2D eigenvalue weighted by molar-refractivity contribution is -0.127. The molecule has 0 spiro atoms. The lowest BCUT2D eigenvalue weighted by Gasteiger charge is -2.16. The Balaban J connectivity index is 0. The molecular weight excluding hydrogens is 180 g/mol. The fraction of sp³-hybridized carbons (Fsp3) is 0.857. The summed E-state index contributed by atoms with van der Waals surface area (Å²) >= 11 is 0. The molecule has 0 fully saturated rings. The molecule has 0 unspecified atom stereocenters. The molecule has 0 radical (unpaired) electrons. The second kappa shape index (κ2) is 9.56. The fourth-order valence-corrected chi connectivity index (χ4v) is 0.416. The first-order chi connectivity index (χ1) is 6.04. The van der Waals surface area contributed by atoms with E-state index in [2.05, 4.69) is 0 Å². The highest BCUT2D eigenvalue weighted by Crippen LogP contribution is 1.96. The molecule has 0 saturated heterocycles. The molecule has 0 rings (SSSR count). The second-order valence-corrected chi connectivity index (χ2v) is 2.18. The summed E-state index contributed by atoms with van der Waals surface area (Å²) in [5, 5.41) is 41.6. The van der Waals surface area contributed by atoms with Crippen LogP contribution in [-0.2, 0) is 4.79 Å². The van der Waals surface area contributed by atoms with Crippen LogP contribution in [0, 0.1) is 0 Å². The number of rotatable bonds is 4. The number of aldehydes is 1. The van der Waals surface area contributed by atoms with Gasteiger partial charge in [-0.3, -0.25) is 0 Å². The largest absolute Gasteiger partial charge is 0.397 e. The number of hydrogen-bond donors (Lipinski definition) is 5. The van der Waals surface area contributed by atoms with Crippen LogP contribution < -0.4 is 0 Å². The maximum absolute atomic E-state index is 9.76. The summed E-state index contributed by atoms with van der Waals surface area (Å²) in [5.74, 6) is 0. The van der Waals surface area contributed by atoms with Crippen LogP contribution in [-0.4, -0.2) is 63.3 Å². The molecule has 0 aliphatic heterocycles. The predicted molar refractivity (Wildman–Crippen MR) is 43.9 cm³/mol. The number of aliphatic hydroxyl groups is 5. The van der Waals surface area contributed by atoms with E-state index >= 15 is 0 Å². The van der Waals surface area contributed by atoms with Crippen molar-refractivity contribution < 1.29 is 30.3 Å². The maximum atomic E-state index is 9.76. The third-order valence-electron chi connectivity index (χ3n) is 1.07. The number of carbonyl (C=O) groups is 1. The second-order valence-electron chi connectivity index (χ2n) is 2.18. The molecule has 6 nitrogen and oxygen atoms in total. The third-order valence-corrected chi connectivity index (χ3v) is 1.07. The summed E-state index contributed by atoms with van der Waals surface area (Å²) in [5.41, 5.74) is 0. The summed E-state index contributed by atoms with van der Waals surface area (Å²) in [4.78, 5) is 9.76. The van der Waals surface area contributed by atoms with Gasteiger partial charge in [-0.1, -0.05) is 0 Å². The Hall–Kier alpha value is -0.530. The van der Waals surface area contributed by atoms with Gasteiger partial charge in [0, 0.05) is 6.61 Å². The molecule has 0 aromatic carbocycles. The summed E-state index contributed by atoms with van der Waals surface area (Å²) in [6.45, 7) is 1.24. The van der Waals surface area contributed by atoms with Crippen molar-refractivity contribution in [2.24, 2.45) is 0 Å². The molecule has 6 heteroatoms. The topological polar surface area (TPSA) is 118 Å². The van der Waals surface area contributed by atoms with Gasteiger partial charge in [0.2, 0.25) is 0 Å². The van der Waals surface area contributed by atoms with Crippen LogP contribution in [0.1, 0.15) is 6.92 Å². The lowest BCUT2D eigenvalue weighted by atomic mass is 10.1. The van der Waals surface area contributed by atoms with Crippen molar-refractivity contribution in [3.05, 3.63) is 0 Å². The zero-order chi connectivity index (χ0) is 10.9. The van der Waals surface area contributed by atoms with Crippen LogP contribution in [0.2, 0.25) is 0 Å². The molecule has 0 heterocycles. The van der Waals surface area contributed by atoms with Crippen LogP contribution in [0.25, 0.3) is 0 Å². The molecule has 0 saturated carbocycles. The molecule has 3 atom stereocenters. The average Bonchev–Trinajstić information content (AvgIpc) is 2.15. The Bertz CT molecular complexity index is 118. The molecule has 0 aromatic heterocycles.